The quantitative estimate of drug-likeness (QED) is 0.528. The van der Waals surface area contributed by atoms with Crippen LogP contribution in [0, 0.1) is 5.92 Å². The number of aliphatic hydroxyl groups is 1. The summed E-state index contributed by atoms with van der Waals surface area (Å²) in [7, 11) is 0. The lowest BCUT2D eigenvalue weighted by Gasteiger charge is -2.34. The van der Waals surface area contributed by atoms with Crippen LogP contribution in [0.25, 0.3) is 0 Å². The number of hydrogen-bond donors (Lipinski definition) is 2. The second-order valence-corrected chi connectivity index (χ2v) is 6.92. The number of rotatable bonds is 8. The molecule has 146 valence electrons. The van der Waals surface area contributed by atoms with Gasteiger partial charge >= 0.3 is 0 Å². The van der Waals surface area contributed by atoms with Crippen molar-refractivity contribution in [2.45, 2.75) is 12.5 Å². The molecule has 0 aliphatic heterocycles. The molecule has 0 aliphatic carbocycles. The fraction of sp³-hybridized carbons (Fsp3) is 0.208. The maximum absolute atomic E-state index is 12.3. The van der Waals surface area contributed by atoms with E-state index in [4.69, 9.17) is 0 Å². The third-order valence-corrected chi connectivity index (χ3v) is 5.09. The maximum Gasteiger partial charge on any atom is 0.216 e. The molecule has 3 aromatic carbocycles. The van der Waals surface area contributed by atoms with Crippen molar-refractivity contribution < 1.29 is 27.6 Å². The van der Waals surface area contributed by atoms with Gasteiger partial charge in [-0.15, -0.1) is 0 Å². The van der Waals surface area contributed by atoms with Crippen molar-refractivity contribution in [1.29, 1.82) is 0 Å². The normalized spacial score (nSPS) is 12.1. The lowest BCUT2D eigenvalue weighted by atomic mass is 9.77. The van der Waals surface area contributed by atoms with E-state index in [9.17, 15) is 9.90 Å². The average Bonchev–Trinajstić information content (AvgIpc) is 2.74. The number of nitrogens with two attached hydrogens (primary N) is 1. The van der Waals surface area contributed by atoms with Gasteiger partial charge in [0.1, 0.15) is 12.1 Å². The minimum atomic E-state index is -1.10. The number of quaternary nitrogens is 1. The highest BCUT2D eigenvalue weighted by Crippen LogP contribution is 2.36. The molecule has 0 saturated heterocycles. The molecule has 1 atom stereocenters. The summed E-state index contributed by atoms with van der Waals surface area (Å²) in [5.74, 6) is 0.0247. The summed E-state index contributed by atoms with van der Waals surface area (Å²) < 4.78 is 0. The predicted octanol–water partition coefficient (Wildman–Crippen LogP) is 0.00890. The van der Waals surface area contributed by atoms with Crippen LogP contribution in [0.1, 0.15) is 28.4 Å². The van der Waals surface area contributed by atoms with Gasteiger partial charge < -0.3 is 22.8 Å². The van der Waals surface area contributed by atoms with Gasteiger partial charge in [0.25, 0.3) is 0 Å². The predicted molar refractivity (Wildman–Crippen MR) is 107 cm³/mol. The van der Waals surface area contributed by atoms with Crippen molar-refractivity contribution >= 4 is 5.78 Å². The number of halogens is 1. The van der Waals surface area contributed by atoms with E-state index >= 15 is 0 Å². The Labute approximate surface area is 172 Å². The fourth-order valence-electron chi connectivity index (χ4n) is 3.50. The zero-order valence-electron chi connectivity index (χ0n) is 16.0. The Hall–Kier alpha value is -2.46. The molecular formula is C24H26ClNO2. The average molecular weight is 396 g/mol. The molecule has 0 aliphatic rings. The Kier molecular flexibility index (Phi) is 7.94. The largest absolute Gasteiger partial charge is 1.00 e. The monoisotopic (exact) mass is 395 g/mol. The smallest absolute Gasteiger partial charge is 0.216 e. The first-order valence-electron chi connectivity index (χ1n) is 9.35. The molecule has 3 nitrogen and oxygen atoms in total. The Morgan fingerprint density at radius 3 is 1.75 bits per heavy atom. The van der Waals surface area contributed by atoms with Crippen LogP contribution in [0.3, 0.4) is 0 Å². The summed E-state index contributed by atoms with van der Waals surface area (Å²) in [5, 5.41) is 13.7. The lowest BCUT2D eigenvalue weighted by Crippen LogP contribution is -3.00. The second kappa shape index (κ2) is 10.2. The highest BCUT2D eigenvalue weighted by molar-refractivity contribution is 5.96. The number of hydrogen-bond acceptors (Lipinski definition) is 2. The van der Waals surface area contributed by atoms with Crippen molar-refractivity contribution in [3.8, 4) is 0 Å². The van der Waals surface area contributed by atoms with E-state index in [0.29, 0.717) is 13.1 Å². The van der Waals surface area contributed by atoms with Crippen LogP contribution in [0.15, 0.2) is 91.0 Å². The first-order chi connectivity index (χ1) is 13.1. The standard InChI is InChI=1S/C24H25NO2.ClH/c1-19(17-25-18-23(26)20-11-5-2-6-12-20)24(27,21-13-7-3-8-14-21)22-15-9-4-10-16-22;/h2-16,19,25,27H,17-18H2,1H3;1H. The Balaban J connectivity index is 0.00000280. The summed E-state index contributed by atoms with van der Waals surface area (Å²) in [6.45, 7) is 3.04. The molecular weight excluding hydrogens is 370 g/mol. The van der Waals surface area contributed by atoms with Gasteiger partial charge in [-0.3, -0.25) is 4.79 Å². The van der Waals surface area contributed by atoms with Gasteiger partial charge in [-0.25, -0.2) is 0 Å². The van der Waals surface area contributed by atoms with Gasteiger partial charge in [0.15, 0.2) is 0 Å². The number of ketones is 1. The van der Waals surface area contributed by atoms with Crippen LogP contribution in [0.2, 0.25) is 0 Å². The second-order valence-electron chi connectivity index (χ2n) is 6.92. The fourth-order valence-corrected chi connectivity index (χ4v) is 3.50. The summed E-state index contributed by atoms with van der Waals surface area (Å²) in [6, 6.07) is 28.8. The minimum absolute atomic E-state index is 0. The SMILES string of the molecule is CC(C[NH2+]CC(=O)c1ccccc1)C(O)(c1ccccc1)c1ccccc1.[Cl-]. The summed E-state index contributed by atoms with van der Waals surface area (Å²) in [6.07, 6.45) is 0. The number of Topliss-reactive ketones (excluding diaryl/α,β-unsaturated/α-hetero) is 1. The van der Waals surface area contributed by atoms with Crippen LogP contribution in [-0.2, 0) is 5.60 Å². The Bertz CT molecular complexity index is 814. The van der Waals surface area contributed by atoms with Crippen LogP contribution in [-0.4, -0.2) is 24.0 Å². The van der Waals surface area contributed by atoms with Gasteiger partial charge in [0.05, 0.1) is 6.54 Å². The summed E-state index contributed by atoms with van der Waals surface area (Å²) >= 11 is 0. The molecule has 0 saturated carbocycles. The third kappa shape index (κ3) is 4.87. The number of carbonyl (C=O) groups excluding carboxylic acids is 1. The molecule has 3 N–H and O–H groups in total. The van der Waals surface area contributed by atoms with Crippen molar-refractivity contribution in [2.24, 2.45) is 5.92 Å². The minimum Gasteiger partial charge on any atom is -1.00 e. The van der Waals surface area contributed by atoms with E-state index < -0.39 is 5.60 Å². The number of benzene rings is 3. The summed E-state index contributed by atoms with van der Waals surface area (Å²) in [4.78, 5) is 12.3. The lowest BCUT2D eigenvalue weighted by molar-refractivity contribution is -0.650. The first-order valence-corrected chi connectivity index (χ1v) is 9.35. The van der Waals surface area contributed by atoms with Crippen LogP contribution >= 0.6 is 0 Å². The first kappa shape index (κ1) is 21.8. The highest BCUT2D eigenvalue weighted by Gasteiger charge is 2.38. The van der Waals surface area contributed by atoms with Gasteiger partial charge in [-0.05, 0) is 11.1 Å². The van der Waals surface area contributed by atoms with E-state index in [1.807, 2.05) is 103 Å². The summed E-state index contributed by atoms with van der Waals surface area (Å²) in [5.41, 5.74) is 1.36. The molecule has 0 heterocycles. The van der Waals surface area contributed by atoms with Crippen LogP contribution < -0.4 is 17.7 Å². The van der Waals surface area contributed by atoms with Crippen molar-refractivity contribution in [3.05, 3.63) is 108 Å². The molecule has 28 heavy (non-hydrogen) atoms. The molecule has 0 bridgehead atoms. The molecule has 0 fully saturated rings. The molecule has 1 unspecified atom stereocenters. The molecule has 4 heteroatoms. The van der Waals surface area contributed by atoms with Crippen molar-refractivity contribution in [1.82, 2.24) is 0 Å². The van der Waals surface area contributed by atoms with E-state index in [0.717, 1.165) is 16.7 Å². The van der Waals surface area contributed by atoms with Crippen LogP contribution in [0.5, 0.6) is 0 Å². The third-order valence-electron chi connectivity index (χ3n) is 5.09. The maximum atomic E-state index is 12.3. The molecule has 0 radical (unpaired) electrons. The number of carbonyl (C=O) groups is 1. The van der Waals surface area contributed by atoms with Crippen LogP contribution in [0.4, 0.5) is 0 Å². The zero-order chi connectivity index (χ0) is 19.1. The van der Waals surface area contributed by atoms with Gasteiger partial charge in [0, 0.05) is 11.5 Å². The van der Waals surface area contributed by atoms with E-state index in [1.54, 1.807) is 0 Å². The molecule has 0 aromatic heterocycles. The van der Waals surface area contributed by atoms with E-state index in [2.05, 4.69) is 0 Å². The highest BCUT2D eigenvalue weighted by atomic mass is 35.5. The van der Waals surface area contributed by atoms with Crippen molar-refractivity contribution in [2.75, 3.05) is 13.1 Å². The topological polar surface area (TPSA) is 53.9 Å². The Morgan fingerprint density at radius 1 is 0.857 bits per heavy atom. The Morgan fingerprint density at radius 2 is 1.29 bits per heavy atom. The molecule has 3 rings (SSSR count). The van der Waals surface area contributed by atoms with Gasteiger partial charge in [-0.1, -0.05) is 97.9 Å². The molecule has 0 spiro atoms. The van der Waals surface area contributed by atoms with E-state index in [1.165, 1.54) is 0 Å². The zero-order valence-corrected chi connectivity index (χ0v) is 16.7. The molecule has 0 amide bonds. The molecule has 3 aromatic rings. The van der Waals surface area contributed by atoms with Gasteiger partial charge in [0.2, 0.25) is 5.78 Å². The van der Waals surface area contributed by atoms with Crippen molar-refractivity contribution in [3.63, 3.8) is 0 Å². The van der Waals surface area contributed by atoms with Gasteiger partial charge in [-0.2, -0.15) is 0 Å². The van der Waals surface area contributed by atoms with E-state index in [-0.39, 0.29) is 24.1 Å².